The van der Waals surface area contributed by atoms with Gasteiger partial charge in [-0.3, -0.25) is 9.59 Å². The molecule has 2 heterocycles. The molecule has 1 aliphatic heterocycles. The number of halogens is 5. The van der Waals surface area contributed by atoms with Gasteiger partial charge < -0.3 is 26.4 Å². The summed E-state index contributed by atoms with van der Waals surface area (Å²) in [6.45, 7) is 4.07. The Balaban J connectivity index is 0.00000267. The van der Waals surface area contributed by atoms with Crippen molar-refractivity contribution >= 4 is 83.7 Å². The molecule has 13 heteroatoms. The molecular weight excluding hydrogens is 620 g/mol. The van der Waals surface area contributed by atoms with Gasteiger partial charge in [0.15, 0.2) is 0 Å². The Bertz CT molecular complexity index is 1290. The number of anilines is 2. The summed E-state index contributed by atoms with van der Waals surface area (Å²) in [4.78, 5) is 30.7. The fourth-order valence-electron chi connectivity index (χ4n) is 4.28. The van der Waals surface area contributed by atoms with Gasteiger partial charge in [0.1, 0.15) is 17.7 Å². The lowest BCUT2D eigenvalue weighted by molar-refractivity contribution is 0.101. The Hall–Kier alpha value is -2.30. The van der Waals surface area contributed by atoms with E-state index in [2.05, 4.69) is 20.9 Å². The average Bonchev–Trinajstić information content (AvgIpc) is 2.91. The zero-order chi connectivity index (χ0) is 26.4. The van der Waals surface area contributed by atoms with E-state index in [1.165, 1.54) is 12.3 Å². The minimum atomic E-state index is -0.480. The summed E-state index contributed by atoms with van der Waals surface area (Å²) in [6, 6.07) is 11.5. The molecule has 1 aliphatic rings. The Kier molecular flexibility index (Phi) is 15.0. The first kappa shape index (κ1) is 35.7. The van der Waals surface area contributed by atoms with Crippen molar-refractivity contribution in [3.8, 4) is 5.75 Å². The van der Waals surface area contributed by atoms with Crippen LogP contribution in [0.3, 0.4) is 0 Å². The lowest BCUT2D eigenvalue weighted by Gasteiger charge is -2.27. The number of amides is 2. The molecule has 8 nitrogen and oxygen atoms in total. The van der Waals surface area contributed by atoms with Gasteiger partial charge in [-0.25, -0.2) is 4.98 Å². The summed E-state index contributed by atoms with van der Waals surface area (Å²) in [7, 11) is 0. The molecule has 40 heavy (non-hydrogen) atoms. The van der Waals surface area contributed by atoms with Crippen molar-refractivity contribution in [3.63, 3.8) is 0 Å². The average molecular weight is 652 g/mol. The van der Waals surface area contributed by atoms with Crippen LogP contribution >= 0.6 is 60.4 Å². The van der Waals surface area contributed by atoms with E-state index in [-0.39, 0.29) is 48.9 Å². The monoisotopic (exact) mass is 649 g/mol. The van der Waals surface area contributed by atoms with Crippen LogP contribution in [-0.2, 0) is 13.0 Å². The lowest BCUT2D eigenvalue weighted by Crippen LogP contribution is -2.34. The zero-order valence-corrected chi connectivity index (χ0v) is 25.6. The first-order valence-corrected chi connectivity index (χ1v) is 12.9. The highest BCUT2D eigenvalue weighted by molar-refractivity contribution is 6.31. The predicted molar refractivity (Wildman–Crippen MR) is 169 cm³/mol. The van der Waals surface area contributed by atoms with Gasteiger partial charge in [-0.05, 0) is 79.9 Å². The number of pyridine rings is 1. The van der Waals surface area contributed by atoms with Crippen molar-refractivity contribution in [1.29, 1.82) is 0 Å². The van der Waals surface area contributed by atoms with Crippen molar-refractivity contribution in [2.45, 2.75) is 38.8 Å². The zero-order valence-electron chi connectivity index (χ0n) is 21.7. The number of carbonyl (C=O) groups excluding carboxylic acids is 2. The third kappa shape index (κ3) is 8.85. The summed E-state index contributed by atoms with van der Waals surface area (Å²) in [5, 5.41) is 9.70. The molecule has 0 radical (unpaired) electrons. The van der Waals surface area contributed by atoms with Gasteiger partial charge in [0, 0.05) is 17.8 Å². The Morgan fingerprint density at radius 1 is 0.975 bits per heavy atom. The molecule has 5 N–H and O–H groups in total. The Morgan fingerprint density at radius 2 is 1.65 bits per heavy atom. The maximum Gasteiger partial charge on any atom is 0.259 e. The van der Waals surface area contributed by atoms with Crippen LogP contribution in [0.25, 0.3) is 0 Å². The van der Waals surface area contributed by atoms with Crippen LogP contribution < -0.4 is 26.4 Å². The number of benzene rings is 2. The highest BCUT2D eigenvalue weighted by atomic mass is 35.5. The molecule has 3 aromatic rings. The predicted octanol–water partition coefficient (Wildman–Crippen LogP) is 6.31. The maximum atomic E-state index is 13.6. The molecule has 0 aliphatic carbocycles. The molecule has 4 rings (SSSR count). The van der Waals surface area contributed by atoms with E-state index in [1.54, 1.807) is 30.3 Å². The van der Waals surface area contributed by atoms with E-state index in [0.717, 1.165) is 37.1 Å². The minimum absolute atomic E-state index is 0. The third-order valence-electron chi connectivity index (χ3n) is 6.19. The number of ether oxygens (including phenoxy) is 1. The number of carbonyl (C=O) groups is 2. The number of rotatable bonds is 8. The quantitative estimate of drug-likeness (QED) is 0.227. The molecule has 0 atom stereocenters. The van der Waals surface area contributed by atoms with Crippen LogP contribution in [0.15, 0.2) is 48.7 Å². The first-order valence-electron chi connectivity index (χ1n) is 12.2. The fraction of sp³-hybridized carbons (Fsp3) is 0.296. The maximum absolute atomic E-state index is 13.6. The molecule has 2 aromatic carbocycles. The van der Waals surface area contributed by atoms with E-state index >= 15 is 0 Å². The number of piperidine rings is 1. The van der Waals surface area contributed by atoms with E-state index in [9.17, 15) is 9.59 Å². The third-order valence-corrected chi connectivity index (χ3v) is 6.65. The second-order valence-corrected chi connectivity index (χ2v) is 9.54. The minimum Gasteiger partial charge on any atom is -0.489 e. The van der Waals surface area contributed by atoms with Crippen molar-refractivity contribution in [1.82, 2.24) is 10.3 Å². The molecule has 0 unspecified atom stereocenters. The normalized spacial score (nSPS) is 12.7. The second-order valence-electron chi connectivity index (χ2n) is 8.66. The fourth-order valence-corrected chi connectivity index (χ4v) is 4.56. The van der Waals surface area contributed by atoms with Crippen LogP contribution in [0.4, 0.5) is 11.5 Å². The second kappa shape index (κ2) is 16.8. The highest BCUT2D eigenvalue weighted by Gasteiger charge is 2.24. The Labute approximate surface area is 262 Å². The number of nitrogens with one attached hydrogen (secondary N) is 3. The molecule has 1 saturated heterocycles. The summed E-state index contributed by atoms with van der Waals surface area (Å²) >= 11 is 12.1. The molecule has 2 amide bonds. The van der Waals surface area contributed by atoms with E-state index in [4.69, 9.17) is 33.7 Å². The van der Waals surface area contributed by atoms with Crippen LogP contribution in [0, 0.1) is 0 Å². The van der Waals surface area contributed by atoms with E-state index < -0.39 is 11.8 Å². The number of nitrogens with two attached hydrogens (primary N) is 1. The summed E-state index contributed by atoms with van der Waals surface area (Å²) < 4.78 is 6.42. The van der Waals surface area contributed by atoms with Crippen LogP contribution in [0.2, 0.25) is 10.0 Å². The topological polar surface area (TPSA) is 118 Å². The summed E-state index contributed by atoms with van der Waals surface area (Å²) in [5.41, 5.74) is 8.70. The molecular formula is C27H32Cl5N5O3. The van der Waals surface area contributed by atoms with Crippen molar-refractivity contribution in [3.05, 3.63) is 81.0 Å². The molecule has 1 fully saturated rings. The van der Waals surface area contributed by atoms with Crippen molar-refractivity contribution in [2.75, 3.05) is 23.7 Å². The van der Waals surface area contributed by atoms with E-state index in [1.807, 2.05) is 13.0 Å². The Morgan fingerprint density at radius 3 is 2.27 bits per heavy atom. The van der Waals surface area contributed by atoms with Gasteiger partial charge in [-0.1, -0.05) is 36.2 Å². The molecule has 218 valence electrons. The standard InChI is InChI=1S/C27H29Cl2N5O3.3ClH/c1-2-20-16(14-30)3-6-21(25(20)37-19-9-11-31-12-10-19)26(35)33-23-7-4-17(28)13-22(23)27(36)34-24-8-5-18(29)15-32-24;;;/h3-8,13,15,19,31H,2,9-12,14,30H2,1H3,(H,33,35)(H,32,34,36);3*1H. The van der Waals surface area contributed by atoms with Gasteiger partial charge in [0.2, 0.25) is 0 Å². The smallest absolute Gasteiger partial charge is 0.259 e. The van der Waals surface area contributed by atoms with Crippen molar-refractivity contribution in [2.24, 2.45) is 5.73 Å². The van der Waals surface area contributed by atoms with Gasteiger partial charge in [-0.15, -0.1) is 37.2 Å². The van der Waals surface area contributed by atoms with Crippen LogP contribution in [0.1, 0.15) is 51.6 Å². The van der Waals surface area contributed by atoms with E-state index in [0.29, 0.717) is 45.8 Å². The van der Waals surface area contributed by atoms with Gasteiger partial charge in [0.05, 0.1) is 21.8 Å². The largest absolute Gasteiger partial charge is 0.489 e. The number of hydrogen-bond acceptors (Lipinski definition) is 6. The van der Waals surface area contributed by atoms with Crippen LogP contribution in [0.5, 0.6) is 5.75 Å². The van der Waals surface area contributed by atoms with Crippen molar-refractivity contribution < 1.29 is 14.3 Å². The molecule has 0 saturated carbocycles. The van der Waals surface area contributed by atoms with Gasteiger partial charge in [0.25, 0.3) is 11.8 Å². The SMILES string of the molecule is CCc1c(CN)ccc(C(=O)Nc2ccc(Cl)cc2C(=O)Nc2ccc(Cl)cn2)c1OC1CCNCC1.Cl.Cl.Cl. The summed E-state index contributed by atoms with van der Waals surface area (Å²) in [6.07, 6.45) is 3.78. The molecule has 0 bridgehead atoms. The number of aromatic nitrogens is 1. The first-order chi connectivity index (χ1) is 17.9. The highest BCUT2D eigenvalue weighted by Crippen LogP contribution is 2.32. The van der Waals surface area contributed by atoms with Crippen LogP contribution in [-0.4, -0.2) is 36.0 Å². The summed E-state index contributed by atoms with van der Waals surface area (Å²) in [5.74, 6) is -0.0239. The molecule has 0 spiro atoms. The lowest BCUT2D eigenvalue weighted by atomic mass is 9.98. The van der Waals surface area contributed by atoms with Gasteiger partial charge >= 0.3 is 0 Å². The number of nitrogens with zero attached hydrogens (tertiary/aromatic N) is 1. The number of hydrogen-bond donors (Lipinski definition) is 4. The van der Waals surface area contributed by atoms with Gasteiger partial charge in [-0.2, -0.15) is 0 Å². The molecule has 1 aromatic heterocycles.